The first kappa shape index (κ1) is 14.2. The van der Waals surface area contributed by atoms with Crippen molar-refractivity contribution in [1.29, 1.82) is 0 Å². The number of benzene rings is 1. The number of hydrogen-bond donors (Lipinski definition) is 0. The highest BCUT2D eigenvalue weighted by molar-refractivity contribution is 6.03. The van der Waals surface area contributed by atoms with Gasteiger partial charge in [0.2, 0.25) is 0 Å². The summed E-state index contributed by atoms with van der Waals surface area (Å²) in [5, 5.41) is 0. The number of halogens is 1. The quantitative estimate of drug-likeness (QED) is 0.774. The minimum Gasteiger partial charge on any atom is -0.370 e. The zero-order valence-electron chi connectivity index (χ0n) is 11.8. The van der Waals surface area contributed by atoms with Crippen molar-refractivity contribution >= 4 is 5.78 Å². The molecule has 0 heterocycles. The molecule has 0 amide bonds. The van der Waals surface area contributed by atoms with Gasteiger partial charge in [0.15, 0.2) is 5.78 Å². The summed E-state index contributed by atoms with van der Waals surface area (Å²) in [5.41, 5.74) is 0.503. The van der Waals surface area contributed by atoms with Crippen molar-refractivity contribution in [3.8, 4) is 0 Å². The first-order valence-electron chi connectivity index (χ1n) is 6.84. The lowest BCUT2D eigenvalue weighted by molar-refractivity contribution is -0.0263. The number of methoxy groups -OCH3 is 1. The van der Waals surface area contributed by atoms with Gasteiger partial charge in [0.25, 0.3) is 0 Å². The highest BCUT2D eigenvalue weighted by Gasteiger charge is 2.42. The Morgan fingerprint density at radius 2 is 2.00 bits per heavy atom. The van der Waals surface area contributed by atoms with Crippen LogP contribution in [0.3, 0.4) is 0 Å². The van der Waals surface area contributed by atoms with Crippen LogP contribution in [-0.4, -0.2) is 18.5 Å². The van der Waals surface area contributed by atoms with Gasteiger partial charge in [-0.15, -0.1) is 0 Å². The molecule has 1 saturated carbocycles. The van der Waals surface area contributed by atoms with Crippen LogP contribution in [0, 0.1) is 18.7 Å². The van der Waals surface area contributed by atoms with E-state index in [-0.39, 0.29) is 11.6 Å². The molecule has 19 heavy (non-hydrogen) atoms. The van der Waals surface area contributed by atoms with Gasteiger partial charge in [-0.25, -0.2) is 4.39 Å². The van der Waals surface area contributed by atoms with Crippen molar-refractivity contribution < 1.29 is 13.9 Å². The van der Waals surface area contributed by atoms with E-state index in [1.807, 2.05) is 6.92 Å². The lowest BCUT2D eigenvalue weighted by Gasteiger charge is -2.37. The fourth-order valence-corrected chi connectivity index (χ4v) is 2.84. The molecule has 0 bridgehead atoms. The molecule has 1 aliphatic carbocycles. The topological polar surface area (TPSA) is 26.3 Å². The first-order valence-corrected chi connectivity index (χ1v) is 6.84. The second kappa shape index (κ2) is 5.41. The highest BCUT2D eigenvalue weighted by atomic mass is 19.1. The summed E-state index contributed by atoms with van der Waals surface area (Å²) in [7, 11) is 1.59. The van der Waals surface area contributed by atoms with Crippen molar-refractivity contribution in [3.05, 3.63) is 35.1 Å². The third-order valence-corrected chi connectivity index (χ3v) is 4.33. The molecule has 0 saturated heterocycles. The molecule has 0 atom stereocenters. The van der Waals surface area contributed by atoms with E-state index in [1.165, 1.54) is 12.1 Å². The Kier molecular flexibility index (Phi) is 4.04. The van der Waals surface area contributed by atoms with E-state index in [4.69, 9.17) is 4.74 Å². The molecule has 0 N–H and O–H groups in total. The van der Waals surface area contributed by atoms with Gasteiger partial charge in [0.05, 0.1) is 0 Å². The molecule has 104 valence electrons. The minimum absolute atomic E-state index is 0.0705. The van der Waals surface area contributed by atoms with Gasteiger partial charge in [-0.2, -0.15) is 0 Å². The predicted octanol–water partition coefficient (Wildman–Crippen LogP) is 3.91. The van der Waals surface area contributed by atoms with Crippen LogP contribution in [0.15, 0.2) is 18.2 Å². The molecule has 3 heteroatoms. The molecule has 0 unspecified atom stereocenters. The molecular weight excluding hydrogens is 243 g/mol. The molecule has 1 aromatic rings. The number of ketones is 1. The van der Waals surface area contributed by atoms with E-state index in [0.717, 1.165) is 31.2 Å². The van der Waals surface area contributed by atoms with E-state index in [0.29, 0.717) is 11.5 Å². The normalized spacial score (nSPS) is 27.3. The smallest absolute Gasteiger partial charge is 0.194 e. The third kappa shape index (κ3) is 2.71. The van der Waals surface area contributed by atoms with E-state index >= 15 is 0 Å². The molecule has 0 aromatic heterocycles. The van der Waals surface area contributed by atoms with Crippen LogP contribution in [-0.2, 0) is 4.74 Å². The van der Waals surface area contributed by atoms with E-state index < -0.39 is 5.60 Å². The second-order valence-electron chi connectivity index (χ2n) is 5.67. The molecule has 1 aromatic carbocycles. The van der Waals surface area contributed by atoms with Crippen LogP contribution < -0.4 is 0 Å². The lowest BCUT2D eigenvalue weighted by atomic mass is 9.75. The van der Waals surface area contributed by atoms with Crippen LogP contribution in [0.25, 0.3) is 0 Å². The van der Waals surface area contributed by atoms with Crippen LogP contribution in [0.5, 0.6) is 0 Å². The Morgan fingerprint density at radius 3 is 2.58 bits per heavy atom. The Labute approximate surface area is 114 Å². The van der Waals surface area contributed by atoms with Gasteiger partial charge in [-0.1, -0.05) is 13.0 Å². The molecular formula is C16H21FO2. The summed E-state index contributed by atoms with van der Waals surface area (Å²) in [6.07, 6.45) is 3.40. The molecule has 0 radical (unpaired) electrons. The summed E-state index contributed by atoms with van der Waals surface area (Å²) in [5.74, 6) is 0.188. The molecule has 2 nitrogen and oxygen atoms in total. The molecule has 0 aliphatic heterocycles. The van der Waals surface area contributed by atoms with Gasteiger partial charge in [0, 0.05) is 12.7 Å². The Hall–Kier alpha value is -1.22. The van der Waals surface area contributed by atoms with E-state index in [1.54, 1.807) is 13.2 Å². The largest absolute Gasteiger partial charge is 0.370 e. The van der Waals surface area contributed by atoms with Crippen molar-refractivity contribution in [3.63, 3.8) is 0 Å². The molecule has 1 fully saturated rings. The maximum Gasteiger partial charge on any atom is 0.194 e. The maximum absolute atomic E-state index is 13.4. The van der Waals surface area contributed by atoms with Gasteiger partial charge >= 0.3 is 0 Å². The molecule has 0 spiro atoms. The zero-order valence-corrected chi connectivity index (χ0v) is 11.8. The first-order chi connectivity index (χ1) is 8.98. The van der Waals surface area contributed by atoms with E-state index in [2.05, 4.69) is 6.92 Å². The average molecular weight is 264 g/mol. The summed E-state index contributed by atoms with van der Waals surface area (Å²) >= 11 is 0. The zero-order chi connectivity index (χ0) is 14.0. The molecule has 2 rings (SSSR count). The number of ether oxygens (including phenoxy) is 1. The van der Waals surface area contributed by atoms with Crippen LogP contribution >= 0.6 is 0 Å². The number of carbonyl (C=O) groups is 1. The van der Waals surface area contributed by atoms with Gasteiger partial charge in [-0.3, -0.25) is 4.79 Å². The Morgan fingerprint density at radius 1 is 1.37 bits per heavy atom. The number of aryl methyl sites for hydroxylation is 1. The second-order valence-corrected chi connectivity index (χ2v) is 5.67. The van der Waals surface area contributed by atoms with Crippen molar-refractivity contribution in [2.45, 2.75) is 45.1 Å². The SMILES string of the molecule is COC1(C(=O)c2cc(F)ccc2C)CCC(C)CC1. The lowest BCUT2D eigenvalue weighted by Crippen LogP contribution is -2.44. The minimum atomic E-state index is -0.759. The van der Waals surface area contributed by atoms with Crippen LogP contribution in [0.2, 0.25) is 0 Å². The van der Waals surface area contributed by atoms with Crippen molar-refractivity contribution in [2.24, 2.45) is 5.92 Å². The fourth-order valence-electron chi connectivity index (χ4n) is 2.84. The van der Waals surface area contributed by atoms with Gasteiger partial charge < -0.3 is 4.74 Å². The van der Waals surface area contributed by atoms with Gasteiger partial charge in [-0.05, 0) is 56.2 Å². The Balaban J connectivity index is 2.33. The number of carbonyl (C=O) groups excluding carboxylic acids is 1. The number of rotatable bonds is 3. The predicted molar refractivity (Wildman–Crippen MR) is 72.8 cm³/mol. The maximum atomic E-state index is 13.4. The monoisotopic (exact) mass is 264 g/mol. The van der Waals surface area contributed by atoms with Crippen LogP contribution in [0.4, 0.5) is 4.39 Å². The highest BCUT2D eigenvalue weighted by Crippen LogP contribution is 2.37. The standard InChI is InChI=1S/C16H21FO2/c1-11-6-8-16(19-3,9-7-11)15(18)14-10-13(17)5-4-12(14)2/h4-5,10-11H,6-9H2,1-3H3. The number of Topliss-reactive ketones (excluding diaryl/α,β-unsaturated/α-hetero) is 1. The summed E-state index contributed by atoms with van der Waals surface area (Å²) in [6.45, 7) is 4.03. The summed E-state index contributed by atoms with van der Waals surface area (Å²) in [6, 6.07) is 4.36. The van der Waals surface area contributed by atoms with E-state index in [9.17, 15) is 9.18 Å². The number of hydrogen-bond acceptors (Lipinski definition) is 2. The van der Waals surface area contributed by atoms with Crippen molar-refractivity contribution in [1.82, 2.24) is 0 Å². The summed E-state index contributed by atoms with van der Waals surface area (Å²) < 4.78 is 18.9. The van der Waals surface area contributed by atoms with Crippen LogP contribution in [0.1, 0.15) is 48.5 Å². The summed E-state index contributed by atoms with van der Waals surface area (Å²) in [4.78, 5) is 12.7. The average Bonchev–Trinajstić information content (AvgIpc) is 2.42. The fraction of sp³-hybridized carbons (Fsp3) is 0.562. The molecule has 1 aliphatic rings. The van der Waals surface area contributed by atoms with Crippen molar-refractivity contribution in [2.75, 3.05) is 7.11 Å². The third-order valence-electron chi connectivity index (χ3n) is 4.33. The Bertz CT molecular complexity index is 474. The van der Waals surface area contributed by atoms with Gasteiger partial charge in [0.1, 0.15) is 11.4 Å².